The van der Waals surface area contributed by atoms with Gasteiger partial charge in [0.2, 0.25) is 0 Å². The number of hydrogen-bond donors (Lipinski definition) is 0. The van der Waals surface area contributed by atoms with Crippen molar-refractivity contribution in [2.24, 2.45) is 17.8 Å². The highest BCUT2D eigenvalue weighted by Gasteiger charge is 2.24. The molecule has 0 spiro atoms. The number of hydrogen-bond acceptors (Lipinski definition) is 1. The molecule has 1 heteroatoms. The van der Waals surface area contributed by atoms with Gasteiger partial charge in [-0.25, -0.2) is 0 Å². The molecule has 1 aromatic carbocycles. The highest BCUT2D eigenvalue weighted by Crippen LogP contribution is 2.40. The molecule has 0 atom stereocenters. The van der Waals surface area contributed by atoms with Crippen LogP contribution in [0, 0.1) is 17.8 Å². The Morgan fingerprint density at radius 1 is 0.857 bits per heavy atom. The van der Waals surface area contributed by atoms with Gasteiger partial charge in [-0.3, -0.25) is 0 Å². The van der Waals surface area contributed by atoms with Crippen LogP contribution >= 0.6 is 0 Å². The summed E-state index contributed by atoms with van der Waals surface area (Å²) in [7, 11) is 0. The van der Waals surface area contributed by atoms with Crippen molar-refractivity contribution in [2.75, 3.05) is 6.61 Å². The Bertz CT molecular complexity index is 556. The molecule has 1 aromatic rings. The number of allylic oxidation sites excluding steroid dienone is 2. The Balaban J connectivity index is 1.34. The molecular formula is C27H42O. The van der Waals surface area contributed by atoms with Crippen LogP contribution in [0.5, 0.6) is 0 Å². The Morgan fingerprint density at radius 2 is 1.46 bits per heavy atom. The van der Waals surface area contributed by atoms with Gasteiger partial charge >= 0.3 is 0 Å². The third-order valence-corrected chi connectivity index (χ3v) is 7.25. The number of rotatable bonds is 9. The van der Waals surface area contributed by atoms with Gasteiger partial charge in [-0.1, -0.05) is 56.2 Å². The normalized spacial score (nSPS) is 28.6. The van der Waals surface area contributed by atoms with Crippen molar-refractivity contribution in [1.82, 2.24) is 0 Å². The fraction of sp³-hybridized carbons (Fsp3) is 0.704. The quantitative estimate of drug-likeness (QED) is 0.310. The third-order valence-electron chi connectivity index (χ3n) is 7.25. The maximum Gasteiger partial charge on any atom is 0.0716 e. The van der Waals surface area contributed by atoms with Gasteiger partial charge in [-0.05, 0) is 99.5 Å². The highest BCUT2D eigenvalue weighted by atomic mass is 16.5. The first kappa shape index (κ1) is 21.6. The van der Waals surface area contributed by atoms with Crippen LogP contribution in [0.1, 0.15) is 102 Å². The molecule has 2 saturated carbocycles. The fourth-order valence-corrected chi connectivity index (χ4v) is 5.42. The zero-order chi connectivity index (χ0) is 19.6. The molecule has 0 saturated heterocycles. The van der Waals surface area contributed by atoms with Gasteiger partial charge in [-0.15, -0.1) is 0 Å². The summed E-state index contributed by atoms with van der Waals surface area (Å²) >= 11 is 0. The predicted molar refractivity (Wildman–Crippen MR) is 121 cm³/mol. The zero-order valence-electron chi connectivity index (χ0n) is 18.4. The lowest BCUT2D eigenvalue weighted by molar-refractivity contribution is 0.121. The highest BCUT2D eigenvalue weighted by molar-refractivity contribution is 5.25. The monoisotopic (exact) mass is 382 g/mol. The number of benzene rings is 1. The zero-order valence-corrected chi connectivity index (χ0v) is 18.4. The van der Waals surface area contributed by atoms with Crippen LogP contribution in [-0.4, -0.2) is 6.61 Å². The molecular weight excluding hydrogens is 340 g/mol. The summed E-state index contributed by atoms with van der Waals surface area (Å²) in [4.78, 5) is 0. The maximum atomic E-state index is 5.66. The smallest absolute Gasteiger partial charge is 0.0716 e. The van der Waals surface area contributed by atoms with Crippen molar-refractivity contribution in [1.29, 1.82) is 0 Å². The van der Waals surface area contributed by atoms with Gasteiger partial charge in [0.25, 0.3) is 0 Å². The molecule has 0 bridgehead atoms. The van der Waals surface area contributed by atoms with E-state index in [0.717, 1.165) is 43.3 Å². The van der Waals surface area contributed by atoms with Crippen molar-refractivity contribution >= 4 is 0 Å². The van der Waals surface area contributed by atoms with Crippen molar-refractivity contribution in [2.45, 2.75) is 97.0 Å². The lowest BCUT2D eigenvalue weighted by atomic mass is 9.74. The first-order valence-electron chi connectivity index (χ1n) is 12.1. The molecule has 156 valence electrons. The van der Waals surface area contributed by atoms with Crippen molar-refractivity contribution in [3.63, 3.8) is 0 Å². The van der Waals surface area contributed by atoms with E-state index in [1.54, 1.807) is 5.56 Å². The molecule has 0 unspecified atom stereocenters. The minimum atomic E-state index is 0.761. The maximum absolute atomic E-state index is 5.66. The molecule has 2 aliphatic rings. The van der Waals surface area contributed by atoms with Crippen LogP contribution in [0.2, 0.25) is 0 Å². The Labute approximate surface area is 174 Å². The molecule has 0 radical (unpaired) electrons. The van der Waals surface area contributed by atoms with E-state index in [4.69, 9.17) is 4.74 Å². The summed E-state index contributed by atoms with van der Waals surface area (Å²) in [5.74, 6) is 3.67. The number of ether oxygens (including phenoxy) is 1. The summed E-state index contributed by atoms with van der Waals surface area (Å²) < 4.78 is 5.66. The summed E-state index contributed by atoms with van der Waals surface area (Å²) in [6.07, 6.45) is 20.2. The second-order valence-electron chi connectivity index (χ2n) is 9.40. The van der Waals surface area contributed by atoms with E-state index in [0.29, 0.717) is 0 Å². The largest absolute Gasteiger partial charge is 0.377 e. The second-order valence-corrected chi connectivity index (χ2v) is 9.40. The van der Waals surface area contributed by atoms with E-state index in [2.05, 4.69) is 50.3 Å². The van der Waals surface area contributed by atoms with Crippen LogP contribution in [0.3, 0.4) is 0 Å². The Morgan fingerprint density at radius 3 is 2.04 bits per heavy atom. The van der Waals surface area contributed by atoms with Gasteiger partial charge in [0, 0.05) is 6.61 Å². The second kappa shape index (κ2) is 11.8. The van der Waals surface area contributed by atoms with Crippen LogP contribution in [0.4, 0.5) is 0 Å². The Kier molecular flexibility index (Phi) is 9.12. The summed E-state index contributed by atoms with van der Waals surface area (Å²) in [5, 5.41) is 0. The van der Waals surface area contributed by atoms with E-state index < -0.39 is 0 Å². The summed E-state index contributed by atoms with van der Waals surface area (Å²) in [6, 6.07) is 9.28. The molecule has 3 rings (SSSR count). The van der Waals surface area contributed by atoms with Gasteiger partial charge in [0.1, 0.15) is 0 Å². The average Bonchev–Trinajstić information content (AvgIpc) is 2.75. The molecule has 0 amide bonds. The van der Waals surface area contributed by atoms with Crippen LogP contribution in [0.25, 0.3) is 0 Å². The van der Waals surface area contributed by atoms with Crippen molar-refractivity contribution in [3.05, 3.63) is 47.5 Å². The molecule has 2 fully saturated rings. The first-order chi connectivity index (χ1) is 13.8. The van der Waals surface area contributed by atoms with Crippen LogP contribution < -0.4 is 0 Å². The van der Waals surface area contributed by atoms with E-state index in [1.165, 1.54) is 69.8 Å². The van der Waals surface area contributed by atoms with Crippen molar-refractivity contribution < 1.29 is 4.74 Å². The lowest BCUT2D eigenvalue weighted by Crippen LogP contribution is -2.17. The van der Waals surface area contributed by atoms with Gasteiger partial charge in [0.05, 0.1) is 6.61 Å². The molecule has 0 aliphatic heterocycles. The SMILES string of the molecule is C/C=C/C1CCC(CCC2CCC(c3ccc(COCCC)cc3)CC2)CC1. The van der Waals surface area contributed by atoms with Crippen LogP contribution in [0.15, 0.2) is 36.4 Å². The van der Waals surface area contributed by atoms with E-state index in [-0.39, 0.29) is 0 Å². The molecule has 0 N–H and O–H groups in total. The van der Waals surface area contributed by atoms with Gasteiger partial charge in [-0.2, -0.15) is 0 Å². The van der Waals surface area contributed by atoms with E-state index in [1.807, 2.05) is 0 Å². The van der Waals surface area contributed by atoms with Gasteiger partial charge in [0.15, 0.2) is 0 Å². The summed E-state index contributed by atoms with van der Waals surface area (Å²) in [6.45, 7) is 5.95. The minimum absolute atomic E-state index is 0.761. The molecule has 28 heavy (non-hydrogen) atoms. The molecule has 0 heterocycles. The van der Waals surface area contributed by atoms with Gasteiger partial charge < -0.3 is 4.74 Å². The molecule has 0 aromatic heterocycles. The molecule has 2 aliphatic carbocycles. The minimum Gasteiger partial charge on any atom is -0.377 e. The van der Waals surface area contributed by atoms with E-state index >= 15 is 0 Å². The average molecular weight is 383 g/mol. The molecule has 1 nitrogen and oxygen atoms in total. The van der Waals surface area contributed by atoms with E-state index in [9.17, 15) is 0 Å². The fourth-order valence-electron chi connectivity index (χ4n) is 5.42. The first-order valence-corrected chi connectivity index (χ1v) is 12.1. The van der Waals surface area contributed by atoms with Crippen LogP contribution in [-0.2, 0) is 11.3 Å². The third kappa shape index (κ3) is 6.76. The Hall–Kier alpha value is -1.08. The standard InChI is InChI=1S/C27H42O/c1-3-5-22-6-8-23(9-7-22)10-11-24-12-16-26(17-13-24)27-18-14-25(15-19-27)21-28-20-4-2/h3,5,14-15,18-19,22-24,26H,4,6-13,16-17,20-21H2,1-2H3/b5-3+. The predicted octanol–water partition coefficient (Wildman–Crippen LogP) is 8.05. The van der Waals surface area contributed by atoms with Crippen molar-refractivity contribution in [3.8, 4) is 0 Å². The summed E-state index contributed by atoms with van der Waals surface area (Å²) in [5.41, 5.74) is 2.87. The topological polar surface area (TPSA) is 9.23 Å². The lowest BCUT2D eigenvalue weighted by Gasteiger charge is -2.31.